The molecule has 1 heterocycles. The molecule has 0 aliphatic carbocycles. The molecule has 0 saturated carbocycles. The van der Waals surface area contributed by atoms with Crippen molar-refractivity contribution in [3.63, 3.8) is 0 Å². The second-order valence-electron chi connectivity index (χ2n) is 2.83. The maximum absolute atomic E-state index is 11.5. The third-order valence-corrected chi connectivity index (χ3v) is 4.60. The number of carboxylic acids is 1. The Morgan fingerprint density at radius 1 is 1.47 bits per heavy atom. The summed E-state index contributed by atoms with van der Waals surface area (Å²) < 4.78 is 29.2. The van der Waals surface area contributed by atoms with Crippen LogP contribution in [0.25, 0.3) is 0 Å². The van der Waals surface area contributed by atoms with Gasteiger partial charge in [0.1, 0.15) is 15.6 Å². The van der Waals surface area contributed by atoms with Gasteiger partial charge in [0.05, 0.1) is 7.11 Å². The molecule has 0 amide bonds. The quantitative estimate of drug-likeness (QED) is 0.728. The maximum atomic E-state index is 11.5. The molecule has 2 N–H and O–H groups in total. The molecule has 0 radical (unpaired) electrons. The van der Waals surface area contributed by atoms with E-state index in [1.54, 1.807) is 0 Å². The molecule has 0 saturated heterocycles. The van der Waals surface area contributed by atoms with E-state index in [4.69, 9.17) is 5.11 Å². The molecule has 7 nitrogen and oxygen atoms in total. The minimum atomic E-state index is -3.90. The van der Waals surface area contributed by atoms with Crippen LogP contribution in [0, 0.1) is 0 Å². The Morgan fingerprint density at radius 3 is 2.65 bits per heavy atom. The average Bonchev–Trinajstić information content (AvgIpc) is 2.75. The van der Waals surface area contributed by atoms with Crippen molar-refractivity contribution in [3.8, 4) is 0 Å². The molecule has 1 rings (SSSR count). The van der Waals surface area contributed by atoms with E-state index >= 15 is 0 Å². The number of methoxy groups -OCH3 is 1. The van der Waals surface area contributed by atoms with Crippen LogP contribution in [0.2, 0.25) is 0 Å². The van der Waals surface area contributed by atoms with E-state index in [1.807, 2.05) is 4.72 Å². The summed E-state index contributed by atoms with van der Waals surface area (Å²) in [5.41, 5.74) is 0. The summed E-state index contributed by atoms with van der Waals surface area (Å²) >= 11 is 0.706. The van der Waals surface area contributed by atoms with E-state index in [2.05, 4.69) is 4.74 Å². The fourth-order valence-electron chi connectivity index (χ4n) is 0.903. The number of carbonyl (C=O) groups excluding carboxylic acids is 1. The van der Waals surface area contributed by atoms with Crippen LogP contribution in [0.15, 0.2) is 16.3 Å². The third-order valence-electron chi connectivity index (χ3n) is 1.65. The molecule has 17 heavy (non-hydrogen) atoms. The monoisotopic (exact) mass is 279 g/mol. The van der Waals surface area contributed by atoms with Gasteiger partial charge in [-0.15, -0.1) is 11.3 Å². The molecule has 0 aliphatic heterocycles. The molecule has 0 aromatic carbocycles. The standard InChI is InChI=1S/C8H9NO6S2/c1-15-8(12)5-2-3-7(16-5)17(13,14)9-4-6(10)11/h2-3,9H,4H2,1H3,(H,10,11). The van der Waals surface area contributed by atoms with Gasteiger partial charge in [0, 0.05) is 0 Å². The predicted molar refractivity (Wildman–Crippen MR) is 58.5 cm³/mol. The van der Waals surface area contributed by atoms with Crippen molar-refractivity contribution in [1.29, 1.82) is 0 Å². The van der Waals surface area contributed by atoms with E-state index in [9.17, 15) is 18.0 Å². The lowest BCUT2D eigenvalue weighted by atomic mass is 10.5. The van der Waals surface area contributed by atoms with Crippen molar-refractivity contribution in [1.82, 2.24) is 4.72 Å². The lowest BCUT2D eigenvalue weighted by Gasteiger charge is -2.00. The van der Waals surface area contributed by atoms with Crippen molar-refractivity contribution < 1.29 is 27.9 Å². The lowest BCUT2D eigenvalue weighted by Crippen LogP contribution is -2.28. The minimum Gasteiger partial charge on any atom is -0.480 e. The largest absolute Gasteiger partial charge is 0.480 e. The number of thiophene rings is 1. The number of carbonyl (C=O) groups is 2. The summed E-state index contributed by atoms with van der Waals surface area (Å²) in [6, 6.07) is 2.51. The van der Waals surface area contributed by atoms with Crippen LogP contribution in [-0.2, 0) is 19.6 Å². The van der Waals surface area contributed by atoms with Gasteiger partial charge >= 0.3 is 11.9 Å². The topological polar surface area (TPSA) is 110 Å². The number of aliphatic carboxylic acids is 1. The molecule has 0 atom stereocenters. The summed E-state index contributed by atoms with van der Waals surface area (Å²) in [7, 11) is -2.72. The van der Waals surface area contributed by atoms with Crippen molar-refractivity contribution in [2.45, 2.75) is 4.21 Å². The lowest BCUT2D eigenvalue weighted by molar-refractivity contribution is -0.135. The molecule has 0 unspecified atom stereocenters. The molecule has 94 valence electrons. The summed E-state index contributed by atoms with van der Waals surface area (Å²) in [6.07, 6.45) is 0. The van der Waals surface area contributed by atoms with Gasteiger partial charge in [0.2, 0.25) is 0 Å². The third kappa shape index (κ3) is 3.51. The average molecular weight is 279 g/mol. The number of hydrogen-bond acceptors (Lipinski definition) is 6. The van der Waals surface area contributed by atoms with Crippen LogP contribution in [0.4, 0.5) is 0 Å². The highest BCUT2D eigenvalue weighted by molar-refractivity contribution is 7.91. The smallest absolute Gasteiger partial charge is 0.348 e. The number of ether oxygens (including phenoxy) is 1. The first-order valence-electron chi connectivity index (χ1n) is 4.26. The van der Waals surface area contributed by atoms with E-state index in [0.717, 1.165) is 0 Å². The van der Waals surface area contributed by atoms with Gasteiger partial charge in [0.15, 0.2) is 0 Å². The Balaban J connectivity index is 2.89. The van der Waals surface area contributed by atoms with Gasteiger partial charge in [-0.05, 0) is 12.1 Å². The second kappa shape index (κ2) is 5.25. The first-order chi connectivity index (χ1) is 7.86. The first kappa shape index (κ1) is 13.6. The van der Waals surface area contributed by atoms with E-state index < -0.39 is 28.5 Å². The maximum Gasteiger partial charge on any atom is 0.348 e. The van der Waals surface area contributed by atoms with Crippen molar-refractivity contribution in [2.75, 3.05) is 13.7 Å². The summed E-state index contributed by atoms with van der Waals surface area (Å²) in [5, 5.41) is 8.36. The Hall–Kier alpha value is -1.45. The van der Waals surface area contributed by atoms with Gasteiger partial charge in [-0.3, -0.25) is 4.79 Å². The van der Waals surface area contributed by atoms with Gasteiger partial charge in [0.25, 0.3) is 10.0 Å². The van der Waals surface area contributed by atoms with Crippen LogP contribution in [0.5, 0.6) is 0 Å². The van der Waals surface area contributed by atoms with Gasteiger partial charge in [-0.25, -0.2) is 13.2 Å². The van der Waals surface area contributed by atoms with E-state index in [1.165, 1.54) is 19.2 Å². The fraction of sp³-hybridized carbons (Fsp3) is 0.250. The zero-order valence-corrected chi connectivity index (χ0v) is 10.3. The molecule has 1 aromatic heterocycles. The van der Waals surface area contributed by atoms with Crippen molar-refractivity contribution >= 4 is 33.3 Å². The molecule has 0 spiro atoms. The Morgan fingerprint density at radius 2 is 2.12 bits per heavy atom. The van der Waals surface area contributed by atoms with Crippen molar-refractivity contribution in [2.24, 2.45) is 0 Å². The Bertz CT molecular complexity index is 532. The van der Waals surface area contributed by atoms with Gasteiger partial charge < -0.3 is 9.84 Å². The number of esters is 1. The number of nitrogens with one attached hydrogen (secondary N) is 1. The highest BCUT2D eigenvalue weighted by Crippen LogP contribution is 2.21. The normalized spacial score (nSPS) is 11.1. The molecule has 1 aromatic rings. The van der Waals surface area contributed by atoms with Crippen LogP contribution in [-0.4, -0.2) is 39.1 Å². The molecule has 9 heteroatoms. The SMILES string of the molecule is COC(=O)c1ccc(S(=O)(=O)NCC(=O)O)s1. The number of sulfonamides is 1. The summed E-state index contributed by atoms with van der Waals surface area (Å²) in [6.45, 7) is -0.714. The van der Waals surface area contributed by atoms with Crippen LogP contribution in [0.3, 0.4) is 0 Å². The number of hydrogen-bond donors (Lipinski definition) is 2. The minimum absolute atomic E-state index is 0.128. The first-order valence-corrected chi connectivity index (χ1v) is 6.56. The van der Waals surface area contributed by atoms with E-state index in [-0.39, 0.29) is 9.09 Å². The highest BCUT2D eigenvalue weighted by Gasteiger charge is 2.19. The highest BCUT2D eigenvalue weighted by atomic mass is 32.2. The van der Waals surface area contributed by atoms with Crippen molar-refractivity contribution in [3.05, 3.63) is 17.0 Å². The molecule has 0 aliphatic rings. The van der Waals surface area contributed by atoms with Gasteiger partial charge in [-0.1, -0.05) is 0 Å². The summed E-state index contributed by atoms with van der Waals surface area (Å²) in [4.78, 5) is 21.5. The van der Waals surface area contributed by atoms with Crippen LogP contribution in [0.1, 0.15) is 9.67 Å². The number of carboxylic acid groups (broad SMARTS) is 1. The Kier molecular flexibility index (Phi) is 4.21. The molecular formula is C8H9NO6S2. The Labute approximate surface area is 101 Å². The fourth-order valence-corrected chi connectivity index (χ4v) is 3.15. The van der Waals surface area contributed by atoms with Gasteiger partial charge in [-0.2, -0.15) is 4.72 Å². The molecule has 0 bridgehead atoms. The van der Waals surface area contributed by atoms with Crippen LogP contribution >= 0.6 is 11.3 Å². The molecule has 0 fully saturated rings. The van der Waals surface area contributed by atoms with E-state index in [0.29, 0.717) is 11.3 Å². The zero-order chi connectivity index (χ0) is 13.1. The summed E-state index contributed by atoms with van der Waals surface area (Å²) in [5.74, 6) is -1.94. The predicted octanol–water partition coefficient (Wildman–Crippen LogP) is -0.102. The molecular weight excluding hydrogens is 270 g/mol. The second-order valence-corrected chi connectivity index (χ2v) is 5.91. The number of rotatable bonds is 5. The zero-order valence-electron chi connectivity index (χ0n) is 8.67. The van der Waals surface area contributed by atoms with Crippen LogP contribution < -0.4 is 4.72 Å².